The van der Waals surface area contributed by atoms with Crippen molar-refractivity contribution >= 4 is 46.9 Å². The summed E-state index contributed by atoms with van der Waals surface area (Å²) in [5.41, 5.74) is 2.44. The lowest BCUT2D eigenvalue weighted by Crippen LogP contribution is -2.53. The maximum atomic E-state index is 15.6. The second kappa shape index (κ2) is 20.6. The molecule has 4 aliphatic heterocycles. The quantitative estimate of drug-likeness (QED) is 0.138. The number of anilines is 1. The number of halogens is 1. The molecule has 2 N–H and O–H groups in total. The van der Waals surface area contributed by atoms with Crippen LogP contribution in [-0.4, -0.2) is 136 Å². The van der Waals surface area contributed by atoms with Gasteiger partial charge in [0.05, 0.1) is 16.6 Å². The molecule has 62 heavy (non-hydrogen) atoms. The van der Waals surface area contributed by atoms with Gasteiger partial charge in [-0.05, 0) is 126 Å². The Morgan fingerprint density at radius 2 is 1.55 bits per heavy atom. The van der Waals surface area contributed by atoms with Crippen LogP contribution in [0.5, 0.6) is 5.75 Å². The highest BCUT2D eigenvalue weighted by Crippen LogP contribution is 2.33. The summed E-state index contributed by atoms with van der Waals surface area (Å²) in [6.07, 6.45) is 7.92. The second-order valence-corrected chi connectivity index (χ2v) is 17.1. The van der Waals surface area contributed by atoms with Crippen molar-refractivity contribution in [2.45, 2.75) is 63.5 Å². The molecule has 4 aliphatic rings. The number of nitrogens with zero attached hydrogens (tertiary/aromatic N) is 5. The highest BCUT2D eigenvalue weighted by Gasteiger charge is 2.34. The molecule has 0 spiro atoms. The minimum absolute atomic E-state index is 0.0739. The molecule has 5 heterocycles. The molecule has 3 amide bonds. The number of imide groups is 1. The van der Waals surface area contributed by atoms with Crippen molar-refractivity contribution in [1.82, 2.24) is 30.5 Å². The van der Waals surface area contributed by atoms with E-state index >= 15 is 4.39 Å². The molecule has 4 saturated heterocycles. The Labute approximate surface area is 362 Å². The van der Waals surface area contributed by atoms with Crippen molar-refractivity contribution in [2.75, 3.05) is 78.4 Å². The molecule has 1 atom stereocenters. The van der Waals surface area contributed by atoms with Gasteiger partial charge >= 0.3 is 0 Å². The largest absolute Gasteiger partial charge is 0.490 e. The van der Waals surface area contributed by atoms with Gasteiger partial charge in [-0.25, -0.2) is 4.39 Å². The van der Waals surface area contributed by atoms with Gasteiger partial charge in [0.25, 0.3) is 5.91 Å². The standard InChI is InChI=1S/C45H51FN6O7.C2H7N/c1-49(40-7-8-42(55)47-44(40)56)45(57)36-24-38(46)41(23-33(36)28-54)52-19-11-30(12-20-52)26-50-15-9-29(10-16-50)25-51-17-13-34(14-18-51)58-35-4-2-3-32(22-35)43-37-21-31(27-53)5-6-39(37)48-59-43;1-3-2/h2-6,21-24,27-30,34,40H,7-20,25-26H2,1H3,(H,47,55,56);3H,1-2H3. The molecule has 14 nitrogen and oxygen atoms in total. The molecular formula is C47H58FN7O7. The predicted octanol–water partition coefficient (Wildman–Crippen LogP) is 5.44. The van der Waals surface area contributed by atoms with Crippen LogP contribution in [0.15, 0.2) is 59.1 Å². The van der Waals surface area contributed by atoms with Gasteiger partial charge in [-0.2, -0.15) is 0 Å². The van der Waals surface area contributed by atoms with Gasteiger partial charge in [-0.15, -0.1) is 0 Å². The number of nitrogens with one attached hydrogen (secondary N) is 2. The molecule has 3 aromatic carbocycles. The summed E-state index contributed by atoms with van der Waals surface area (Å²) < 4.78 is 27.7. The van der Waals surface area contributed by atoms with Crippen LogP contribution in [0.3, 0.4) is 0 Å². The van der Waals surface area contributed by atoms with E-state index in [0.29, 0.717) is 53.7 Å². The number of carbonyl (C=O) groups is 5. The zero-order valence-electron chi connectivity index (χ0n) is 35.9. The highest BCUT2D eigenvalue weighted by molar-refractivity contribution is 6.06. The zero-order valence-corrected chi connectivity index (χ0v) is 35.9. The van der Waals surface area contributed by atoms with Gasteiger partial charge in [0.2, 0.25) is 11.8 Å². The predicted molar refractivity (Wildman–Crippen MR) is 234 cm³/mol. The summed E-state index contributed by atoms with van der Waals surface area (Å²) in [5, 5.41) is 9.95. The number of hydrogen-bond acceptors (Lipinski definition) is 12. The first-order valence-electron chi connectivity index (χ1n) is 21.9. The molecular weight excluding hydrogens is 794 g/mol. The van der Waals surface area contributed by atoms with E-state index in [1.54, 1.807) is 18.2 Å². The highest BCUT2D eigenvalue weighted by atomic mass is 19.1. The lowest BCUT2D eigenvalue weighted by molar-refractivity contribution is -0.136. The van der Waals surface area contributed by atoms with Crippen LogP contribution in [-0.2, 0) is 9.59 Å². The number of carbonyl (C=O) groups excluding carboxylic acids is 5. The molecule has 0 saturated carbocycles. The number of ether oxygens (including phenoxy) is 1. The molecule has 4 fully saturated rings. The molecule has 330 valence electrons. The van der Waals surface area contributed by atoms with Crippen molar-refractivity contribution in [1.29, 1.82) is 0 Å². The Morgan fingerprint density at radius 1 is 0.887 bits per heavy atom. The zero-order chi connectivity index (χ0) is 43.8. The number of likely N-dealkylation sites (tertiary alicyclic amines) is 2. The number of amides is 3. The summed E-state index contributed by atoms with van der Waals surface area (Å²) in [6, 6.07) is 14.9. The fourth-order valence-electron chi connectivity index (χ4n) is 9.28. The summed E-state index contributed by atoms with van der Waals surface area (Å²) in [6.45, 7) is 7.64. The van der Waals surface area contributed by atoms with Crippen LogP contribution in [0.4, 0.5) is 10.1 Å². The number of likely N-dealkylation sites (N-methyl/N-ethyl adjacent to an activating group) is 1. The SMILES string of the molecule is CN(C(=O)c1cc(F)c(N2CCC(CN3CCC(CN4CCC(Oc5cccc(-c6onc7ccc(C=O)cc67)c5)CC4)CC3)CC2)cc1C=O)C1CCC(=O)NC1=O.CNC. The molecule has 4 aromatic rings. The number of hydrogen-bond donors (Lipinski definition) is 2. The maximum Gasteiger partial charge on any atom is 0.255 e. The van der Waals surface area contributed by atoms with Gasteiger partial charge < -0.3 is 34.2 Å². The molecule has 0 bridgehead atoms. The first kappa shape index (κ1) is 44.5. The van der Waals surface area contributed by atoms with E-state index < -0.39 is 29.6 Å². The normalized spacial score (nSPS) is 19.7. The molecule has 8 rings (SSSR count). The van der Waals surface area contributed by atoms with Crippen LogP contribution in [0.25, 0.3) is 22.2 Å². The fourth-order valence-corrected chi connectivity index (χ4v) is 9.28. The van der Waals surface area contributed by atoms with Crippen LogP contribution in [0.1, 0.15) is 82.4 Å². The van der Waals surface area contributed by atoms with Gasteiger partial charge in [0.1, 0.15) is 35.5 Å². The Hall–Kier alpha value is -5.51. The first-order chi connectivity index (χ1) is 30.1. The number of piperidine rings is 4. The third kappa shape index (κ3) is 10.6. The topological polar surface area (TPSA) is 158 Å². The van der Waals surface area contributed by atoms with Crippen LogP contribution in [0.2, 0.25) is 0 Å². The maximum absolute atomic E-state index is 15.6. The molecule has 0 radical (unpaired) electrons. The van der Waals surface area contributed by atoms with Crippen LogP contribution >= 0.6 is 0 Å². The van der Waals surface area contributed by atoms with Gasteiger partial charge in [-0.3, -0.25) is 29.3 Å². The summed E-state index contributed by atoms with van der Waals surface area (Å²) in [4.78, 5) is 68.9. The minimum atomic E-state index is -0.871. The van der Waals surface area contributed by atoms with E-state index in [-0.39, 0.29) is 30.1 Å². The van der Waals surface area contributed by atoms with Crippen LogP contribution in [0, 0.1) is 17.7 Å². The second-order valence-electron chi connectivity index (χ2n) is 17.1. The van der Waals surface area contributed by atoms with E-state index in [1.807, 2.05) is 43.3 Å². The van der Waals surface area contributed by atoms with E-state index in [0.717, 1.165) is 94.0 Å². The number of aromatic nitrogens is 1. The monoisotopic (exact) mass is 851 g/mol. The molecule has 1 aromatic heterocycles. The van der Waals surface area contributed by atoms with Crippen molar-refractivity contribution in [3.8, 4) is 17.1 Å². The van der Waals surface area contributed by atoms with E-state index in [2.05, 4.69) is 25.6 Å². The molecule has 15 heteroatoms. The van der Waals surface area contributed by atoms with E-state index in [1.165, 1.54) is 30.9 Å². The summed E-state index contributed by atoms with van der Waals surface area (Å²) in [7, 11) is 5.18. The lowest BCUT2D eigenvalue weighted by Gasteiger charge is -2.40. The van der Waals surface area contributed by atoms with Gasteiger partial charge in [0, 0.05) is 69.4 Å². The van der Waals surface area contributed by atoms with Crippen molar-refractivity contribution < 1.29 is 37.6 Å². The Bertz CT molecular complexity index is 2220. The van der Waals surface area contributed by atoms with Gasteiger partial charge in [0.15, 0.2) is 12.0 Å². The van der Waals surface area contributed by atoms with Crippen molar-refractivity contribution in [3.05, 3.63) is 77.1 Å². The minimum Gasteiger partial charge on any atom is -0.490 e. The third-order valence-corrected chi connectivity index (χ3v) is 12.7. The summed E-state index contributed by atoms with van der Waals surface area (Å²) in [5.74, 6) is 0.414. The summed E-state index contributed by atoms with van der Waals surface area (Å²) >= 11 is 0. The Morgan fingerprint density at radius 3 is 2.19 bits per heavy atom. The number of rotatable bonds is 12. The number of fused-ring (bicyclic) bond motifs is 1. The van der Waals surface area contributed by atoms with Crippen molar-refractivity contribution in [2.24, 2.45) is 11.8 Å². The Kier molecular flexibility index (Phi) is 14.8. The third-order valence-electron chi connectivity index (χ3n) is 12.7. The van der Waals surface area contributed by atoms with Crippen LogP contribution < -0.4 is 20.3 Å². The molecule has 0 aliphatic carbocycles. The van der Waals surface area contributed by atoms with Gasteiger partial charge in [-0.1, -0.05) is 17.3 Å². The molecule has 1 unspecified atom stereocenters. The smallest absolute Gasteiger partial charge is 0.255 e. The van der Waals surface area contributed by atoms with Crippen molar-refractivity contribution in [3.63, 3.8) is 0 Å². The average Bonchev–Trinajstić information content (AvgIpc) is 3.71. The lowest BCUT2D eigenvalue weighted by atomic mass is 9.91. The van der Waals surface area contributed by atoms with E-state index in [9.17, 15) is 24.0 Å². The number of benzene rings is 3. The Balaban J connectivity index is 0.00000187. The first-order valence-corrected chi connectivity index (χ1v) is 21.9. The number of aldehydes is 2. The van der Waals surface area contributed by atoms with E-state index in [4.69, 9.17) is 9.26 Å². The fraction of sp³-hybridized carbons (Fsp3) is 0.489. The average molecular weight is 852 g/mol.